The average molecular weight is 559 g/mol. The van der Waals surface area contributed by atoms with Crippen molar-refractivity contribution >= 4 is 23.8 Å². The molecule has 0 aromatic heterocycles. The zero-order chi connectivity index (χ0) is 29.5. The second-order valence-corrected chi connectivity index (χ2v) is 11.1. The number of amides is 2. The number of cyclic esters (lactones) is 2. The molecule has 2 heterocycles. The van der Waals surface area contributed by atoms with Gasteiger partial charge in [-0.3, -0.25) is 9.59 Å². The molecule has 5 atom stereocenters. The Kier molecular flexibility index (Phi) is 11.6. The molecule has 222 valence electrons. The van der Waals surface area contributed by atoms with E-state index in [0.717, 1.165) is 0 Å². The molecular formula is C26H42N2O11. The van der Waals surface area contributed by atoms with E-state index in [9.17, 15) is 34.5 Å². The Bertz CT molecular complexity index is 946. The first-order valence-electron chi connectivity index (χ1n) is 13.0. The van der Waals surface area contributed by atoms with Crippen LogP contribution in [0.3, 0.4) is 0 Å². The second kappa shape index (κ2) is 13.8. The third-order valence-corrected chi connectivity index (χ3v) is 6.73. The summed E-state index contributed by atoms with van der Waals surface area (Å²) in [5.41, 5.74) is -0.780. The van der Waals surface area contributed by atoms with Crippen LogP contribution >= 0.6 is 0 Å². The Hall–Kier alpha value is -2.42. The van der Waals surface area contributed by atoms with Gasteiger partial charge < -0.3 is 44.9 Å². The molecule has 13 nitrogen and oxygen atoms in total. The highest BCUT2D eigenvalue weighted by atomic mass is 16.7. The highest BCUT2D eigenvalue weighted by Crippen LogP contribution is 2.25. The van der Waals surface area contributed by atoms with Crippen molar-refractivity contribution < 1.29 is 53.4 Å². The number of aliphatic hydroxyl groups is 3. The minimum absolute atomic E-state index is 0.0355. The molecule has 2 rings (SSSR count). The van der Waals surface area contributed by atoms with Crippen LogP contribution < -0.4 is 10.6 Å². The van der Waals surface area contributed by atoms with E-state index < -0.39 is 66.2 Å². The van der Waals surface area contributed by atoms with Crippen LogP contribution in [0.15, 0.2) is 11.1 Å². The number of esters is 2. The standard InChI is InChI=1S/C26H42N2O11/c1-14-16(23(35)39-22(14)34)7-8-18(31)28-25(3,4)9-12-37-26(5,6)10-11-36-24-19(27-15(2)30)21(33)20(32)17(13-29)38-24/h17,19-21,24,29,32-33H,7-13H2,1-6H3,(H,27,30)(H,28,31)/t17-,19-,20+,21-,24-/m1/s1. The molecule has 2 aliphatic rings. The van der Waals surface area contributed by atoms with Gasteiger partial charge in [0, 0.05) is 36.6 Å². The van der Waals surface area contributed by atoms with Crippen LogP contribution in [0.2, 0.25) is 0 Å². The summed E-state index contributed by atoms with van der Waals surface area (Å²) in [6.07, 6.45) is -3.87. The van der Waals surface area contributed by atoms with E-state index in [4.69, 9.17) is 14.2 Å². The molecule has 2 aliphatic heterocycles. The van der Waals surface area contributed by atoms with Gasteiger partial charge in [-0.05, 0) is 53.9 Å². The predicted octanol–water partition coefficient (Wildman–Crippen LogP) is -0.403. The summed E-state index contributed by atoms with van der Waals surface area (Å²) in [5, 5.41) is 35.3. The first kappa shape index (κ1) is 32.8. The first-order chi connectivity index (χ1) is 18.1. The summed E-state index contributed by atoms with van der Waals surface area (Å²) in [6, 6.07) is -1.02. The van der Waals surface area contributed by atoms with Gasteiger partial charge in [-0.15, -0.1) is 0 Å². The average Bonchev–Trinajstić information content (AvgIpc) is 3.06. The van der Waals surface area contributed by atoms with Gasteiger partial charge in [-0.2, -0.15) is 0 Å². The molecule has 1 fully saturated rings. The van der Waals surface area contributed by atoms with Gasteiger partial charge in [0.25, 0.3) is 0 Å². The van der Waals surface area contributed by atoms with Gasteiger partial charge in [0.15, 0.2) is 6.29 Å². The van der Waals surface area contributed by atoms with Crippen LogP contribution in [0, 0.1) is 0 Å². The molecule has 1 saturated heterocycles. The molecule has 0 saturated carbocycles. The Morgan fingerprint density at radius 2 is 1.69 bits per heavy atom. The number of nitrogens with one attached hydrogen (secondary N) is 2. The molecular weight excluding hydrogens is 516 g/mol. The van der Waals surface area contributed by atoms with E-state index >= 15 is 0 Å². The highest BCUT2D eigenvalue weighted by molar-refractivity contribution is 6.12. The van der Waals surface area contributed by atoms with Gasteiger partial charge in [0.05, 0.1) is 18.8 Å². The lowest BCUT2D eigenvalue weighted by Gasteiger charge is -2.42. The number of carbonyl (C=O) groups excluding carboxylic acids is 4. The van der Waals surface area contributed by atoms with E-state index in [-0.39, 0.29) is 36.5 Å². The number of carbonyl (C=O) groups is 4. The molecule has 39 heavy (non-hydrogen) atoms. The summed E-state index contributed by atoms with van der Waals surface area (Å²) >= 11 is 0. The van der Waals surface area contributed by atoms with Crippen LogP contribution in [-0.2, 0) is 38.1 Å². The highest BCUT2D eigenvalue weighted by Gasteiger charge is 2.45. The summed E-state index contributed by atoms with van der Waals surface area (Å²) < 4.78 is 21.9. The summed E-state index contributed by atoms with van der Waals surface area (Å²) in [4.78, 5) is 47.1. The monoisotopic (exact) mass is 558 g/mol. The van der Waals surface area contributed by atoms with Gasteiger partial charge in [0.1, 0.15) is 24.4 Å². The van der Waals surface area contributed by atoms with Gasteiger partial charge in [-0.1, -0.05) is 0 Å². The quantitative estimate of drug-likeness (QED) is 0.138. The zero-order valence-corrected chi connectivity index (χ0v) is 23.4. The smallest absolute Gasteiger partial charge is 0.342 e. The summed E-state index contributed by atoms with van der Waals surface area (Å²) in [7, 11) is 0. The van der Waals surface area contributed by atoms with E-state index in [1.165, 1.54) is 13.8 Å². The summed E-state index contributed by atoms with van der Waals surface area (Å²) in [6.45, 7) is 10.1. The van der Waals surface area contributed by atoms with Crippen molar-refractivity contribution in [3.8, 4) is 0 Å². The number of hydrogen-bond donors (Lipinski definition) is 5. The molecule has 0 spiro atoms. The Morgan fingerprint density at radius 1 is 1.03 bits per heavy atom. The maximum Gasteiger partial charge on any atom is 0.342 e. The first-order valence-corrected chi connectivity index (χ1v) is 13.0. The molecule has 0 aromatic rings. The van der Waals surface area contributed by atoms with E-state index in [1.807, 2.05) is 27.7 Å². The van der Waals surface area contributed by atoms with E-state index in [2.05, 4.69) is 15.4 Å². The van der Waals surface area contributed by atoms with Crippen molar-refractivity contribution in [2.75, 3.05) is 19.8 Å². The van der Waals surface area contributed by atoms with Crippen LogP contribution in [0.4, 0.5) is 0 Å². The number of rotatable bonds is 14. The van der Waals surface area contributed by atoms with Gasteiger partial charge >= 0.3 is 11.9 Å². The molecule has 13 heteroatoms. The fourth-order valence-electron chi connectivity index (χ4n) is 4.22. The molecule has 0 unspecified atom stereocenters. The Balaban J connectivity index is 1.78. The number of aliphatic hydroxyl groups excluding tert-OH is 3. The third kappa shape index (κ3) is 9.62. The molecule has 5 N–H and O–H groups in total. The van der Waals surface area contributed by atoms with Crippen LogP contribution in [0.5, 0.6) is 0 Å². The molecule has 2 amide bonds. The van der Waals surface area contributed by atoms with Crippen molar-refractivity contribution in [3.63, 3.8) is 0 Å². The number of ether oxygens (including phenoxy) is 4. The Labute approximate surface area is 228 Å². The minimum Gasteiger partial charge on any atom is -0.394 e. The van der Waals surface area contributed by atoms with Crippen LogP contribution in [0.1, 0.15) is 67.2 Å². The maximum atomic E-state index is 12.4. The summed E-state index contributed by atoms with van der Waals surface area (Å²) in [5.74, 6) is -2.08. The van der Waals surface area contributed by atoms with Crippen molar-refractivity contribution in [1.82, 2.24) is 10.6 Å². The largest absolute Gasteiger partial charge is 0.394 e. The molecule has 0 radical (unpaired) electrons. The molecule has 0 aliphatic carbocycles. The van der Waals surface area contributed by atoms with E-state index in [1.54, 1.807) is 0 Å². The van der Waals surface area contributed by atoms with Gasteiger partial charge in [-0.25, -0.2) is 9.59 Å². The Morgan fingerprint density at radius 3 is 2.26 bits per heavy atom. The predicted molar refractivity (Wildman–Crippen MR) is 136 cm³/mol. The second-order valence-electron chi connectivity index (χ2n) is 11.1. The SMILES string of the molecule is CC(=O)N[C@H]1[C@H](OCCC(C)(C)OCCC(C)(C)NC(=O)CCC2=C(C)C(=O)OC2=O)O[C@H](CO)[C@H](O)[C@@H]1O. The number of hydrogen-bond acceptors (Lipinski definition) is 11. The third-order valence-electron chi connectivity index (χ3n) is 6.73. The lowest BCUT2D eigenvalue weighted by atomic mass is 9.97. The van der Waals surface area contributed by atoms with Crippen molar-refractivity contribution in [2.24, 2.45) is 0 Å². The van der Waals surface area contributed by atoms with E-state index in [0.29, 0.717) is 19.4 Å². The van der Waals surface area contributed by atoms with Crippen molar-refractivity contribution in [3.05, 3.63) is 11.1 Å². The van der Waals surface area contributed by atoms with Crippen molar-refractivity contribution in [1.29, 1.82) is 0 Å². The zero-order valence-electron chi connectivity index (χ0n) is 23.4. The maximum absolute atomic E-state index is 12.4. The van der Waals surface area contributed by atoms with Gasteiger partial charge in [0.2, 0.25) is 11.8 Å². The topological polar surface area (TPSA) is 190 Å². The fraction of sp³-hybridized carbons (Fsp3) is 0.769. The minimum atomic E-state index is -1.39. The van der Waals surface area contributed by atoms with Crippen LogP contribution in [0.25, 0.3) is 0 Å². The molecule has 0 bridgehead atoms. The fourth-order valence-corrected chi connectivity index (χ4v) is 4.22. The lowest BCUT2D eigenvalue weighted by molar-refractivity contribution is -0.272. The normalized spacial score (nSPS) is 26.0. The molecule has 0 aromatic carbocycles. The lowest BCUT2D eigenvalue weighted by Crippen LogP contribution is -2.64. The van der Waals surface area contributed by atoms with Crippen molar-refractivity contribution in [2.45, 2.75) is 109 Å². The van der Waals surface area contributed by atoms with Crippen LogP contribution in [-0.4, -0.2) is 101 Å².